The van der Waals surface area contributed by atoms with Crippen molar-refractivity contribution in [2.75, 3.05) is 4.72 Å². The second-order valence-electron chi connectivity index (χ2n) is 4.61. The van der Waals surface area contributed by atoms with E-state index in [1.807, 2.05) is 6.07 Å². The Morgan fingerprint density at radius 2 is 1.90 bits per heavy atom. The van der Waals surface area contributed by atoms with Crippen molar-refractivity contribution in [1.82, 2.24) is 4.98 Å². The van der Waals surface area contributed by atoms with Gasteiger partial charge in [-0.05, 0) is 43.2 Å². The lowest BCUT2D eigenvalue weighted by Crippen LogP contribution is -2.15. The first-order valence-corrected chi connectivity index (χ1v) is 7.57. The van der Waals surface area contributed by atoms with Gasteiger partial charge in [-0.2, -0.15) is 0 Å². The quantitative estimate of drug-likeness (QED) is 0.902. The van der Waals surface area contributed by atoms with Crippen molar-refractivity contribution in [1.29, 1.82) is 0 Å². The van der Waals surface area contributed by atoms with Gasteiger partial charge in [-0.1, -0.05) is 12.1 Å². The first-order chi connectivity index (χ1) is 9.79. The molecule has 0 saturated carbocycles. The van der Waals surface area contributed by atoms with Crippen molar-refractivity contribution >= 4 is 21.8 Å². The van der Waals surface area contributed by atoms with Crippen molar-refractivity contribution < 1.29 is 18.3 Å². The fraction of sp³-hybridized carbons (Fsp3) is 0.143. The van der Waals surface area contributed by atoms with Gasteiger partial charge in [0.2, 0.25) is 0 Å². The number of aromatic nitrogens is 1. The summed E-state index contributed by atoms with van der Waals surface area (Å²) >= 11 is 0. The van der Waals surface area contributed by atoms with Gasteiger partial charge in [0.15, 0.2) is 0 Å². The van der Waals surface area contributed by atoms with E-state index in [0.717, 1.165) is 5.56 Å². The number of sulfonamides is 1. The topological polar surface area (TPSA) is 96.4 Å². The van der Waals surface area contributed by atoms with E-state index in [9.17, 15) is 13.2 Å². The first-order valence-electron chi connectivity index (χ1n) is 6.09. The molecular weight excluding hydrogens is 292 g/mol. The number of hydrogen-bond acceptors (Lipinski definition) is 4. The summed E-state index contributed by atoms with van der Waals surface area (Å²) < 4.78 is 27.0. The molecule has 6 nitrogen and oxygen atoms in total. The van der Waals surface area contributed by atoms with Crippen LogP contribution in [0.5, 0.6) is 0 Å². The number of carboxylic acids is 1. The molecule has 110 valence electrons. The minimum absolute atomic E-state index is 0.0317. The van der Waals surface area contributed by atoms with E-state index in [-0.39, 0.29) is 16.3 Å². The molecule has 0 unspecified atom stereocenters. The molecule has 0 fully saturated rings. The van der Waals surface area contributed by atoms with Gasteiger partial charge in [0, 0.05) is 6.20 Å². The van der Waals surface area contributed by atoms with Crippen LogP contribution in [0.15, 0.2) is 41.4 Å². The number of pyridine rings is 1. The van der Waals surface area contributed by atoms with E-state index in [1.54, 1.807) is 26.0 Å². The lowest BCUT2D eigenvalue weighted by molar-refractivity contribution is 0.0697. The Labute approximate surface area is 122 Å². The van der Waals surface area contributed by atoms with E-state index in [2.05, 4.69) is 9.71 Å². The van der Waals surface area contributed by atoms with Crippen LogP contribution in [-0.2, 0) is 10.0 Å². The number of hydrogen-bond donors (Lipinski definition) is 2. The molecule has 2 N–H and O–H groups in total. The summed E-state index contributed by atoms with van der Waals surface area (Å²) in [5.41, 5.74) is 1.37. The summed E-state index contributed by atoms with van der Waals surface area (Å²) in [5, 5.41) is 8.90. The van der Waals surface area contributed by atoms with E-state index in [0.29, 0.717) is 5.56 Å². The summed E-state index contributed by atoms with van der Waals surface area (Å²) in [7, 11) is -3.81. The summed E-state index contributed by atoms with van der Waals surface area (Å²) in [6.07, 6.45) is 1.24. The van der Waals surface area contributed by atoms with Crippen molar-refractivity contribution in [2.24, 2.45) is 0 Å². The highest BCUT2D eigenvalue weighted by Crippen LogP contribution is 2.20. The van der Waals surface area contributed by atoms with Gasteiger partial charge < -0.3 is 5.11 Å². The van der Waals surface area contributed by atoms with Gasteiger partial charge in [0.05, 0.1) is 10.5 Å². The number of rotatable bonds is 4. The second-order valence-corrected chi connectivity index (χ2v) is 6.26. The van der Waals surface area contributed by atoms with Crippen LogP contribution in [-0.4, -0.2) is 24.5 Å². The first kappa shape index (κ1) is 15.0. The highest BCUT2D eigenvalue weighted by molar-refractivity contribution is 7.92. The fourth-order valence-electron chi connectivity index (χ4n) is 1.81. The Hall–Kier alpha value is -2.41. The molecule has 0 aliphatic heterocycles. The Morgan fingerprint density at radius 1 is 1.19 bits per heavy atom. The van der Waals surface area contributed by atoms with Crippen LogP contribution in [0.4, 0.5) is 5.82 Å². The maximum atomic E-state index is 12.4. The number of aromatic carboxylic acids is 1. The Morgan fingerprint density at radius 3 is 2.57 bits per heavy atom. The summed E-state index contributed by atoms with van der Waals surface area (Å²) in [5.74, 6) is -1.18. The third-order valence-electron chi connectivity index (χ3n) is 2.88. The van der Waals surface area contributed by atoms with Crippen LogP contribution in [0.2, 0.25) is 0 Å². The monoisotopic (exact) mass is 306 g/mol. The molecule has 0 aliphatic rings. The van der Waals surface area contributed by atoms with E-state index in [4.69, 9.17) is 5.11 Å². The molecule has 0 saturated heterocycles. The molecule has 0 amide bonds. The third kappa shape index (κ3) is 3.38. The van der Waals surface area contributed by atoms with Crippen LogP contribution in [0, 0.1) is 13.8 Å². The Kier molecular flexibility index (Phi) is 3.95. The largest absolute Gasteiger partial charge is 0.478 e. The number of aryl methyl sites for hydroxylation is 2. The molecule has 21 heavy (non-hydrogen) atoms. The zero-order valence-electron chi connectivity index (χ0n) is 11.5. The lowest BCUT2D eigenvalue weighted by Gasteiger charge is -2.10. The van der Waals surface area contributed by atoms with Crippen LogP contribution in [0.1, 0.15) is 21.5 Å². The van der Waals surface area contributed by atoms with Crippen LogP contribution in [0.25, 0.3) is 0 Å². The summed E-state index contributed by atoms with van der Waals surface area (Å²) in [4.78, 5) is 14.9. The Balaban J connectivity index is 2.40. The molecule has 0 radical (unpaired) electrons. The van der Waals surface area contributed by atoms with Gasteiger partial charge >= 0.3 is 5.97 Å². The van der Waals surface area contributed by atoms with Crippen molar-refractivity contribution in [2.45, 2.75) is 18.7 Å². The molecule has 1 aromatic carbocycles. The summed E-state index contributed by atoms with van der Waals surface area (Å²) in [6, 6.07) is 7.55. The number of nitrogens with one attached hydrogen (secondary N) is 1. The summed E-state index contributed by atoms with van der Waals surface area (Å²) in [6.45, 7) is 3.48. The highest BCUT2D eigenvalue weighted by atomic mass is 32.2. The molecule has 0 atom stereocenters. The minimum Gasteiger partial charge on any atom is -0.478 e. The smallest absolute Gasteiger partial charge is 0.335 e. The van der Waals surface area contributed by atoms with Crippen molar-refractivity contribution in [3.63, 3.8) is 0 Å². The molecule has 2 aromatic rings. The van der Waals surface area contributed by atoms with E-state index in [1.165, 1.54) is 18.3 Å². The zero-order chi connectivity index (χ0) is 15.6. The zero-order valence-corrected chi connectivity index (χ0v) is 12.3. The average molecular weight is 306 g/mol. The number of carboxylic acid groups (broad SMARTS) is 1. The minimum atomic E-state index is -3.81. The number of nitrogens with zero attached hydrogens (tertiary/aromatic N) is 1. The predicted molar refractivity (Wildman–Crippen MR) is 77.9 cm³/mol. The van der Waals surface area contributed by atoms with Gasteiger partial charge in [-0.15, -0.1) is 0 Å². The second kappa shape index (κ2) is 5.53. The molecule has 0 bridgehead atoms. The molecule has 1 aromatic heterocycles. The fourth-order valence-corrected chi connectivity index (χ4v) is 3.14. The molecule has 0 spiro atoms. The van der Waals surface area contributed by atoms with Crippen LogP contribution < -0.4 is 4.72 Å². The third-order valence-corrected chi connectivity index (χ3v) is 4.38. The van der Waals surface area contributed by atoms with Crippen molar-refractivity contribution in [3.05, 3.63) is 53.2 Å². The normalized spacial score (nSPS) is 11.1. The van der Waals surface area contributed by atoms with Gasteiger partial charge in [-0.25, -0.2) is 18.2 Å². The maximum Gasteiger partial charge on any atom is 0.335 e. The number of benzene rings is 1. The highest BCUT2D eigenvalue weighted by Gasteiger charge is 2.18. The van der Waals surface area contributed by atoms with E-state index < -0.39 is 16.0 Å². The number of anilines is 1. The van der Waals surface area contributed by atoms with Crippen LogP contribution in [0.3, 0.4) is 0 Å². The molecule has 1 heterocycles. The van der Waals surface area contributed by atoms with Crippen LogP contribution >= 0.6 is 0 Å². The lowest BCUT2D eigenvalue weighted by atomic mass is 10.2. The molecule has 2 rings (SSSR count). The predicted octanol–water partition coefficient (Wildman–Crippen LogP) is 2.20. The van der Waals surface area contributed by atoms with E-state index >= 15 is 0 Å². The molecule has 7 heteroatoms. The van der Waals surface area contributed by atoms with Gasteiger partial charge in [-0.3, -0.25) is 4.72 Å². The standard InChI is InChI=1S/C14H14N2O4S/c1-9-3-4-10(2)12(7-9)21(19,20)16-13-8-11(14(17)18)5-6-15-13/h3-8H,1-2H3,(H,15,16)(H,17,18). The van der Waals surface area contributed by atoms with Gasteiger partial charge in [0.25, 0.3) is 10.0 Å². The number of carbonyl (C=O) groups is 1. The SMILES string of the molecule is Cc1ccc(C)c(S(=O)(=O)Nc2cc(C(=O)O)ccn2)c1. The maximum absolute atomic E-state index is 12.4. The average Bonchev–Trinajstić information content (AvgIpc) is 2.41. The van der Waals surface area contributed by atoms with Gasteiger partial charge in [0.1, 0.15) is 5.82 Å². The molecular formula is C14H14N2O4S. The van der Waals surface area contributed by atoms with Crippen molar-refractivity contribution in [3.8, 4) is 0 Å². The Bertz CT molecular complexity index is 800. The molecule has 0 aliphatic carbocycles.